The topological polar surface area (TPSA) is 40.6 Å². The van der Waals surface area contributed by atoms with Crippen LogP contribution in [0.3, 0.4) is 0 Å². The van der Waals surface area contributed by atoms with E-state index < -0.39 is 0 Å². The quantitative estimate of drug-likeness (QED) is 0.214. The fourth-order valence-electron chi connectivity index (χ4n) is 5.41. The summed E-state index contributed by atoms with van der Waals surface area (Å²) in [7, 11) is 3.60. The van der Waals surface area contributed by atoms with Crippen LogP contribution >= 0.6 is 45.3 Å². The van der Waals surface area contributed by atoms with E-state index in [2.05, 4.69) is 65.8 Å². The van der Waals surface area contributed by atoms with Crippen molar-refractivity contribution in [2.24, 2.45) is 0 Å². The van der Waals surface area contributed by atoms with Gasteiger partial charge in [-0.2, -0.15) is 0 Å². The lowest BCUT2D eigenvalue weighted by atomic mass is 9.83. The second-order valence-corrected chi connectivity index (χ2v) is 15.9. The summed E-state index contributed by atoms with van der Waals surface area (Å²) in [5.41, 5.74) is 2.91. The maximum absolute atomic E-state index is 13.7. The molecular formula is C31H34N2O2S4. The summed E-state index contributed by atoms with van der Waals surface area (Å²) < 4.78 is 4.90. The molecule has 0 atom stereocenters. The Labute approximate surface area is 246 Å². The maximum atomic E-state index is 13.7. The molecule has 4 aromatic rings. The normalized spacial score (nSPS) is 16.8. The molecule has 8 heteroatoms. The van der Waals surface area contributed by atoms with Gasteiger partial charge in [-0.25, -0.2) is 0 Å². The van der Waals surface area contributed by atoms with E-state index in [-0.39, 0.29) is 22.6 Å². The zero-order valence-electron chi connectivity index (χ0n) is 23.8. The Morgan fingerprint density at radius 3 is 1.44 bits per heavy atom. The van der Waals surface area contributed by atoms with Crippen molar-refractivity contribution in [1.29, 1.82) is 0 Å². The third-order valence-electron chi connectivity index (χ3n) is 9.02. The van der Waals surface area contributed by atoms with Crippen LogP contribution in [0, 0.1) is 0 Å². The van der Waals surface area contributed by atoms with E-state index >= 15 is 0 Å². The summed E-state index contributed by atoms with van der Waals surface area (Å²) in [5, 5.41) is 0. The average molecular weight is 595 g/mol. The van der Waals surface area contributed by atoms with Crippen molar-refractivity contribution in [3.63, 3.8) is 0 Å². The van der Waals surface area contributed by atoms with Crippen LogP contribution in [0.4, 0.5) is 0 Å². The van der Waals surface area contributed by atoms with Crippen molar-refractivity contribution in [1.82, 2.24) is 9.80 Å². The minimum Gasteiger partial charge on any atom is -0.309 e. The Bertz CT molecular complexity index is 1670. The van der Waals surface area contributed by atoms with Gasteiger partial charge in [0.15, 0.2) is 0 Å². The monoisotopic (exact) mass is 594 g/mol. The van der Waals surface area contributed by atoms with Crippen molar-refractivity contribution in [2.45, 2.75) is 71.6 Å². The number of thiophene rings is 4. The molecule has 2 aliphatic rings. The lowest BCUT2D eigenvalue weighted by molar-refractivity contribution is -0.123. The van der Waals surface area contributed by atoms with E-state index in [0.29, 0.717) is 11.1 Å². The predicted molar refractivity (Wildman–Crippen MR) is 170 cm³/mol. The molecule has 204 valence electrons. The molecule has 0 bridgehead atoms. The molecule has 6 rings (SSSR count). The Balaban J connectivity index is 1.46. The first-order valence-electron chi connectivity index (χ1n) is 13.6. The number of rotatable bonds is 7. The molecule has 6 heterocycles. The van der Waals surface area contributed by atoms with E-state index in [1.165, 1.54) is 28.6 Å². The van der Waals surface area contributed by atoms with Crippen molar-refractivity contribution in [3.05, 3.63) is 54.9 Å². The minimum atomic E-state index is -0.0979. The molecule has 0 saturated heterocycles. The number of carbonyl (C=O) groups excluding carboxylic acids is 2. The molecule has 0 radical (unpaired) electrons. The number of fused-ring (bicyclic) bond motifs is 3. The molecule has 0 N–H and O–H groups in total. The van der Waals surface area contributed by atoms with Gasteiger partial charge < -0.3 is 9.80 Å². The van der Waals surface area contributed by atoms with Crippen molar-refractivity contribution in [2.75, 3.05) is 14.1 Å². The predicted octanol–water partition coefficient (Wildman–Crippen LogP) is 9.07. The first kappa shape index (κ1) is 26.9. The number of hydrogen-bond donors (Lipinski definition) is 0. The average Bonchev–Trinajstić information content (AvgIpc) is 3.72. The Hall–Kier alpha value is -2.26. The van der Waals surface area contributed by atoms with Crippen LogP contribution in [0.25, 0.3) is 30.2 Å². The van der Waals surface area contributed by atoms with Gasteiger partial charge in [0, 0.05) is 48.1 Å². The van der Waals surface area contributed by atoms with E-state index in [9.17, 15) is 9.59 Å². The summed E-state index contributed by atoms with van der Waals surface area (Å²) in [6.45, 7) is 13.6. The van der Waals surface area contributed by atoms with Crippen molar-refractivity contribution in [3.8, 4) is 0 Å². The molecule has 0 spiro atoms. The number of likely N-dealkylation sites (N-methyl/N-ethyl adjacent to an activating group) is 2. The summed E-state index contributed by atoms with van der Waals surface area (Å²) >= 11 is 7.04. The van der Waals surface area contributed by atoms with Crippen LogP contribution in [0.1, 0.15) is 80.3 Å². The van der Waals surface area contributed by atoms with Crippen molar-refractivity contribution < 1.29 is 9.59 Å². The third kappa shape index (κ3) is 3.85. The SMILES string of the molecule is CCC(C)(C)c1cc2sc(C3=C4C(=O)N(C)C(c5cc6sc(C(C)(CC)CC)cc6s5)=C4C(=O)N3C)cc2s1. The van der Waals surface area contributed by atoms with E-state index in [0.717, 1.165) is 40.4 Å². The van der Waals surface area contributed by atoms with Crippen LogP contribution in [-0.4, -0.2) is 35.7 Å². The van der Waals surface area contributed by atoms with Gasteiger partial charge in [0.1, 0.15) is 0 Å². The second-order valence-electron chi connectivity index (χ2n) is 11.6. The van der Waals surface area contributed by atoms with Gasteiger partial charge in [0.25, 0.3) is 11.8 Å². The van der Waals surface area contributed by atoms with Gasteiger partial charge in [-0.1, -0.05) is 41.5 Å². The second kappa shape index (κ2) is 9.13. The molecule has 39 heavy (non-hydrogen) atoms. The van der Waals surface area contributed by atoms with E-state index in [1.807, 2.05) is 22.7 Å². The van der Waals surface area contributed by atoms with Crippen LogP contribution in [0.2, 0.25) is 0 Å². The summed E-state index contributed by atoms with van der Waals surface area (Å²) in [5.74, 6) is -0.196. The molecular weight excluding hydrogens is 561 g/mol. The Morgan fingerprint density at radius 1 is 0.615 bits per heavy atom. The van der Waals surface area contributed by atoms with Gasteiger partial charge in [-0.15, -0.1) is 45.3 Å². The van der Waals surface area contributed by atoms with Gasteiger partial charge in [0.05, 0.1) is 32.3 Å². The van der Waals surface area contributed by atoms with Crippen LogP contribution in [-0.2, 0) is 20.4 Å². The molecule has 4 nitrogen and oxygen atoms in total. The highest BCUT2D eigenvalue weighted by atomic mass is 32.1. The zero-order chi connectivity index (χ0) is 28.0. The van der Waals surface area contributed by atoms with Gasteiger partial charge in [-0.3, -0.25) is 9.59 Å². The Kier molecular flexibility index (Phi) is 6.30. The molecule has 0 fully saturated rings. The highest BCUT2D eigenvalue weighted by Crippen LogP contribution is 2.51. The highest BCUT2D eigenvalue weighted by Gasteiger charge is 2.47. The minimum absolute atomic E-state index is 0.0979. The molecule has 2 aliphatic heterocycles. The smallest absolute Gasteiger partial charge is 0.261 e. The summed E-state index contributed by atoms with van der Waals surface area (Å²) in [4.78, 5) is 35.5. The highest BCUT2D eigenvalue weighted by molar-refractivity contribution is 7.29. The summed E-state index contributed by atoms with van der Waals surface area (Å²) in [6.07, 6.45) is 3.29. The standard InChI is InChI=1S/C31H34N2O2S4/c1-9-30(4,5)22-14-18-16(38-22)12-20(36-18)26-24-25(29(35)32(26)7)27(33(8)28(24)34)21-13-17-19(37-21)15-23(39-17)31(6,10-2)11-3/h12-15H,9-11H2,1-8H3. The van der Waals surface area contributed by atoms with Crippen LogP contribution in [0.15, 0.2) is 35.4 Å². The van der Waals surface area contributed by atoms with E-state index in [4.69, 9.17) is 0 Å². The number of carbonyl (C=O) groups is 2. The molecule has 2 amide bonds. The molecule has 4 aromatic heterocycles. The first-order valence-corrected chi connectivity index (χ1v) is 16.8. The fraction of sp³-hybridized carbons (Fsp3) is 0.419. The summed E-state index contributed by atoms with van der Waals surface area (Å²) in [6, 6.07) is 8.96. The van der Waals surface area contributed by atoms with Gasteiger partial charge >= 0.3 is 0 Å². The largest absolute Gasteiger partial charge is 0.309 e. The zero-order valence-corrected chi connectivity index (χ0v) is 27.0. The van der Waals surface area contributed by atoms with Crippen LogP contribution in [0.5, 0.6) is 0 Å². The number of hydrogen-bond acceptors (Lipinski definition) is 6. The lowest BCUT2D eigenvalue weighted by Crippen LogP contribution is -2.24. The molecule has 0 saturated carbocycles. The Morgan fingerprint density at radius 2 is 1.03 bits per heavy atom. The van der Waals surface area contributed by atoms with E-state index in [1.54, 1.807) is 46.6 Å². The van der Waals surface area contributed by atoms with Crippen LogP contribution < -0.4 is 0 Å². The fourth-order valence-corrected chi connectivity index (χ4v) is 10.8. The number of nitrogens with zero attached hydrogens (tertiary/aromatic N) is 2. The molecule has 0 aromatic carbocycles. The third-order valence-corrected chi connectivity index (χ3v) is 14.3. The molecule has 0 aliphatic carbocycles. The van der Waals surface area contributed by atoms with Gasteiger partial charge in [0.2, 0.25) is 0 Å². The maximum Gasteiger partial charge on any atom is 0.261 e. The first-order chi connectivity index (χ1) is 18.4. The number of amides is 2. The van der Waals surface area contributed by atoms with Crippen molar-refractivity contribution >= 4 is 87.4 Å². The lowest BCUT2D eigenvalue weighted by Gasteiger charge is -2.24. The van der Waals surface area contributed by atoms with Gasteiger partial charge in [-0.05, 0) is 48.9 Å². The molecule has 0 unspecified atom stereocenters.